The summed E-state index contributed by atoms with van der Waals surface area (Å²) < 4.78 is 25.7. The van der Waals surface area contributed by atoms with Gasteiger partial charge in [0.1, 0.15) is 0 Å². The molecule has 31 heavy (non-hydrogen) atoms. The zero-order chi connectivity index (χ0) is 22.3. The fourth-order valence-corrected chi connectivity index (χ4v) is 5.46. The van der Waals surface area contributed by atoms with Crippen molar-refractivity contribution in [3.05, 3.63) is 53.1 Å². The Bertz CT molecular complexity index is 1150. The first-order valence-corrected chi connectivity index (χ1v) is 12.4. The van der Waals surface area contributed by atoms with Crippen molar-refractivity contribution in [2.75, 3.05) is 16.0 Å². The van der Waals surface area contributed by atoms with Gasteiger partial charge in [-0.3, -0.25) is 9.59 Å². The summed E-state index contributed by atoms with van der Waals surface area (Å²) in [5.41, 5.74) is 4.42. The van der Waals surface area contributed by atoms with Crippen molar-refractivity contribution in [2.45, 2.75) is 57.4 Å². The van der Waals surface area contributed by atoms with Crippen molar-refractivity contribution < 1.29 is 18.0 Å². The van der Waals surface area contributed by atoms with Gasteiger partial charge in [0.25, 0.3) is 0 Å². The minimum absolute atomic E-state index is 0.0320. The van der Waals surface area contributed by atoms with Gasteiger partial charge in [-0.1, -0.05) is 17.7 Å². The maximum absolute atomic E-state index is 12.9. The third kappa shape index (κ3) is 4.51. The van der Waals surface area contributed by atoms with Gasteiger partial charge in [-0.05, 0) is 75.4 Å². The van der Waals surface area contributed by atoms with Crippen LogP contribution >= 0.6 is 0 Å². The molecule has 0 radical (unpaired) electrons. The lowest BCUT2D eigenvalue weighted by Gasteiger charge is -2.22. The van der Waals surface area contributed by atoms with E-state index in [1.165, 1.54) is 0 Å². The number of fused-ring (bicyclic) bond motifs is 1. The van der Waals surface area contributed by atoms with Crippen molar-refractivity contribution in [1.82, 2.24) is 0 Å². The lowest BCUT2D eigenvalue weighted by atomic mass is 10.1. The molecule has 1 N–H and O–H groups in total. The van der Waals surface area contributed by atoms with E-state index in [2.05, 4.69) is 5.32 Å². The topological polar surface area (TPSA) is 83.6 Å². The number of anilines is 2. The number of rotatable bonds is 6. The lowest BCUT2D eigenvalue weighted by molar-refractivity contribution is -0.120. The van der Waals surface area contributed by atoms with Crippen molar-refractivity contribution in [3.8, 4) is 0 Å². The zero-order valence-electron chi connectivity index (χ0n) is 18.1. The van der Waals surface area contributed by atoms with Crippen LogP contribution in [0.3, 0.4) is 0 Å². The highest BCUT2D eigenvalue weighted by Crippen LogP contribution is 2.39. The van der Waals surface area contributed by atoms with E-state index in [-0.39, 0.29) is 40.8 Å². The van der Waals surface area contributed by atoms with E-state index >= 15 is 0 Å². The highest BCUT2D eigenvalue weighted by molar-refractivity contribution is 7.91. The first kappa shape index (κ1) is 21.6. The molecule has 4 rings (SSSR count). The molecule has 1 saturated carbocycles. The standard InChI is InChI=1S/C24H28N2O4S/c1-15-4-8-21(16(2)12-15)25-23(27)10-11-31(29,30)20-7-9-22-19(14-20)13-17(3)26(22)24(28)18-5-6-18/h4,7-9,12,14,17-18H,5-6,10-11,13H2,1-3H3,(H,25,27). The number of aryl methyl sites for hydroxylation is 2. The Morgan fingerprint density at radius 3 is 2.52 bits per heavy atom. The molecule has 0 aromatic heterocycles. The van der Waals surface area contributed by atoms with Gasteiger partial charge < -0.3 is 10.2 Å². The van der Waals surface area contributed by atoms with Crippen LogP contribution in [-0.2, 0) is 25.8 Å². The summed E-state index contributed by atoms with van der Waals surface area (Å²) in [5, 5.41) is 2.80. The second-order valence-electron chi connectivity index (χ2n) is 8.76. The van der Waals surface area contributed by atoms with Crippen LogP contribution in [0.25, 0.3) is 0 Å². The molecule has 2 aromatic rings. The van der Waals surface area contributed by atoms with Crippen molar-refractivity contribution in [1.29, 1.82) is 0 Å². The third-order valence-corrected chi connectivity index (χ3v) is 7.76. The molecule has 2 aliphatic rings. The molecule has 1 atom stereocenters. The second kappa shape index (κ2) is 8.11. The van der Waals surface area contributed by atoms with Crippen LogP contribution in [0, 0.1) is 19.8 Å². The van der Waals surface area contributed by atoms with E-state index in [9.17, 15) is 18.0 Å². The van der Waals surface area contributed by atoms with Crippen LogP contribution in [0.1, 0.15) is 42.9 Å². The number of hydrogen-bond acceptors (Lipinski definition) is 4. The van der Waals surface area contributed by atoms with Gasteiger partial charge in [0, 0.05) is 29.8 Å². The van der Waals surface area contributed by atoms with E-state index in [1.54, 1.807) is 18.2 Å². The predicted molar refractivity (Wildman–Crippen MR) is 121 cm³/mol. The Kier molecular flexibility index (Phi) is 5.64. The van der Waals surface area contributed by atoms with E-state index < -0.39 is 9.84 Å². The molecule has 0 bridgehead atoms. The molecule has 164 valence electrons. The number of carbonyl (C=O) groups is 2. The van der Waals surface area contributed by atoms with Gasteiger partial charge in [0.2, 0.25) is 11.8 Å². The summed E-state index contributed by atoms with van der Waals surface area (Å²) >= 11 is 0. The first-order chi connectivity index (χ1) is 14.7. The highest BCUT2D eigenvalue weighted by Gasteiger charge is 2.39. The van der Waals surface area contributed by atoms with E-state index in [0.29, 0.717) is 12.1 Å². The Labute approximate surface area is 183 Å². The van der Waals surface area contributed by atoms with Gasteiger partial charge >= 0.3 is 0 Å². The average molecular weight is 441 g/mol. The minimum Gasteiger partial charge on any atom is -0.326 e. The second-order valence-corrected chi connectivity index (χ2v) is 10.9. The van der Waals surface area contributed by atoms with E-state index in [0.717, 1.165) is 35.2 Å². The van der Waals surface area contributed by atoms with Crippen molar-refractivity contribution >= 4 is 33.0 Å². The van der Waals surface area contributed by atoms with Crippen molar-refractivity contribution in [3.63, 3.8) is 0 Å². The van der Waals surface area contributed by atoms with Crippen LogP contribution in [0.5, 0.6) is 0 Å². The maximum Gasteiger partial charge on any atom is 0.230 e. The molecule has 1 unspecified atom stereocenters. The molecule has 6 nitrogen and oxygen atoms in total. The Morgan fingerprint density at radius 2 is 1.84 bits per heavy atom. The van der Waals surface area contributed by atoms with Gasteiger partial charge in [-0.2, -0.15) is 0 Å². The molecule has 7 heteroatoms. The molecule has 1 aliphatic carbocycles. The molecule has 0 spiro atoms. The largest absolute Gasteiger partial charge is 0.326 e. The smallest absolute Gasteiger partial charge is 0.230 e. The summed E-state index contributed by atoms with van der Waals surface area (Å²) in [4.78, 5) is 26.9. The lowest BCUT2D eigenvalue weighted by Crippen LogP contribution is -2.36. The van der Waals surface area contributed by atoms with Gasteiger partial charge in [0.15, 0.2) is 9.84 Å². The van der Waals surface area contributed by atoms with Gasteiger partial charge in [-0.25, -0.2) is 8.42 Å². The van der Waals surface area contributed by atoms with E-state index in [4.69, 9.17) is 0 Å². The van der Waals surface area contributed by atoms with Crippen LogP contribution in [-0.4, -0.2) is 32.0 Å². The molecule has 2 aromatic carbocycles. The molecule has 1 aliphatic heterocycles. The molecule has 1 heterocycles. The monoisotopic (exact) mass is 440 g/mol. The number of benzene rings is 2. The summed E-state index contributed by atoms with van der Waals surface area (Å²) in [6, 6.07) is 10.7. The number of carbonyl (C=O) groups excluding carboxylic acids is 2. The van der Waals surface area contributed by atoms with Crippen molar-refractivity contribution in [2.24, 2.45) is 5.92 Å². The number of nitrogens with zero attached hydrogens (tertiary/aromatic N) is 1. The SMILES string of the molecule is Cc1ccc(NC(=O)CCS(=O)(=O)c2ccc3c(c2)CC(C)N3C(=O)C2CC2)c(C)c1. The third-order valence-electron chi connectivity index (χ3n) is 6.04. The first-order valence-electron chi connectivity index (χ1n) is 10.7. The number of nitrogens with one attached hydrogen (secondary N) is 1. The zero-order valence-corrected chi connectivity index (χ0v) is 19.0. The number of hydrogen-bond donors (Lipinski definition) is 1. The average Bonchev–Trinajstić information content (AvgIpc) is 3.50. The fourth-order valence-electron chi connectivity index (χ4n) is 4.18. The van der Waals surface area contributed by atoms with Crippen LogP contribution in [0.15, 0.2) is 41.3 Å². The summed E-state index contributed by atoms with van der Waals surface area (Å²) in [6.07, 6.45) is 2.40. The molecular weight excluding hydrogens is 412 g/mol. The van der Waals surface area contributed by atoms with Crippen LogP contribution in [0.2, 0.25) is 0 Å². The Morgan fingerprint density at radius 1 is 1.10 bits per heavy atom. The molecule has 0 saturated heterocycles. The van der Waals surface area contributed by atoms with Crippen LogP contribution in [0.4, 0.5) is 11.4 Å². The minimum atomic E-state index is -3.61. The van der Waals surface area contributed by atoms with Gasteiger partial charge in [0.05, 0.1) is 10.6 Å². The van der Waals surface area contributed by atoms with Gasteiger partial charge in [-0.15, -0.1) is 0 Å². The normalized spacial score (nSPS) is 18.0. The van der Waals surface area contributed by atoms with E-state index in [1.807, 2.05) is 43.9 Å². The summed E-state index contributed by atoms with van der Waals surface area (Å²) in [7, 11) is -3.61. The number of sulfone groups is 1. The highest BCUT2D eigenvalue weighted by atomic mass is 32.2. The van der Waals surface area contributed by atoms with Crippen LogP contribution < -0.4 is 10.2 Å². The Balaban J connectivity index is 1.44. The summed E-state index contributed by atoms with van der Waals surface area (Å²) in [6.45, 7) is 5.87. The Hall–Kier alpha value is -2.67. The molecular formula is C24H28N2O4S. The molecule has 1 fully saturated rings. The fraction of sp³-hybridized carbons (Fsp3) is 0.417. The maximum atomic E-state index is 12.9. The summed E-state index contributed by atoms with van der Waals surface area (Å²) in [5.74, 6) is -0.327. The predicted octanol–water partition coefficient (Wildman–Crippen LogP) is 3.79. The quantitative estimate of drug-likeness (QED) is 0.741. The number of amides is 2. The molecule has 2 amide bonds.